The van der Waals surface area contributed by atoms with Crippen molar-refractivity contribution in [1.29, 1.82) is 0 Å². The number of ether oxygens (including phenoxy) is 3. The molecule has 1 atom stereocenters. The first-order valence-corrected chi connectivity index (χ1v) is 7.55. The van der Waals surface area contributed by atoms with Crippen LogP contribution in [-0.4, -0.2) is 26.9 Å². The van der Waals surface area contributed by atoms with Crippen LogP contribution in [0.1, 0.15) is 11.1 Å². The number of methoxy groups -OCH3 is 2. The maximum Gasteiger partial charge on any atom is 0.165 e. The van der Waals surface area contributed by atoms with Gasteiger partial charge in [-0.2, -0.15) is 0 Å². The molecule has 0 radical (unpaired) electrons. The maximum atomic E-state index is 13.4. The van der Waals surface area contributed by atoms with Crippen molar-refractivity contribution in [2.45, 2.75) is 19.0 Å². The van der Waals surface area contributed by atoms with Gasteiger partial charge in [-0.05, 0) is 35.7 Å². The lowest BCUT2D eigenvalue weighted by molar-refractivity contribution is 0.226. The lowest BCUT2D eigenvalue weighted by Crippen LogP contribution is -2.38. The molecule has 4 nitrogen and oxygen atoms in total. The normalized spacial score (nSPS) is 16.4. The predicted octanol–water partition coefficient (Wildman–Crippen LogP) is 2.94. The number of halogens is 1. The Balaban J connectivity index is 1.64. The molecule has 1 aliphatic heterocycles. The van der Waals surface area contributed by atoms with Gasteiger partial charge in [-0.15, -0.1) is 0 Å². The van der Waals surface area contributed by atoms with Crippen molar-refractivity contribution in [3.63, 3.8) is 0 Å². The van der Waals surface area contributed by atoms with Crippen LogP contribution in [0.3, 0.4) is 0 Å². The molecule has 1 N–H and O–H groups in total. The second-order valence-corrected chi connectivity index (χ2v) is 5.51. The fraction of sp³-hybridized carbons (Fsp3) is 0.333. The van der Waals surface area contributed by atoms with Crippen LogP contribution in [0.4, 0.5) is 4.39 Å². The van der Waals surface area contributed by atoms with Gasteiger partial charge in [-0.25, -0.2) is 4.39 Å². The Morgan fingerprint density at radius 2 is 2.00 bits per heavy atom. The summed E-state index contributed by atoms with van der Waals surface area (Å²) < 4.78 is 29.6. The van der Waals surface area contributed by atoms with Gasteiger partial charge >= 0.3 is 0 Å². The van der Waals surface area contributed by atoms with Crippen LogP contribution in [0.2, 0.25) is 0 Å². The predicted molar refractivity (Wildman–Crippen MR) is 85.8 cm³/mol. The van der Waals surface area contributed by atoms with E-state index in [0.29, 0.717) is 13.2 Å². The Kier molecular flexibility index (Phi) is 4.67. The molecule has 2 aromatic carbocycles. The minimum Gasteiger partial charge on any atom is -0.494 e. The van der Waals surface area contributed by atoms with E-state index >= 15 is 0 Å². The van der Waals surface area contributed by atoms with E-state index in [-0.39, 0.29) is 17.6 Å². The largest absolute Gasteiger partial charge is 0.494 e. The van der Waals surface area contributed by atoms with Gasteiger partial charge in [-0.1, -0.05) is 18.2 Å². The molecule has 0 saturated heterocycles. The molecule has 0 amide bonds. The highest BCUT2D eigenvalue weighted by Gasteiger charge is 2.22. The van der Waals surface area contributed by atoms with Crippen molar-refractivity contribution in [1.82, 2.24) is 5.32 Å². The Morgan fingerprint density at radius 1 is 1.17 bits per heavy atom. The highest BCUT2D eigenvalue weighted by molar-refractivity contribution is 5.48. The van der Waals surface area contributed by atoms with Gasteiger partial charge < -0.3 is 19.5 Å². The third kappa shape index (κ3) is 3.40. The van der Waals surface area contributed by atoms with Gasteiger partial charge in [-0.3, -0.25) is 0 Å². The van der Waals surface area contributed by atoms with Crippen LogP contribution in [0.5, 0.6) is 17.2 Å². The Morgan fingerprint density at radius 3 is 2.78 bits per heavy atom. The van der Waals surface area contributed by atoms with E-state index in [2.05, 4.69) is 5.32 Å². The van der Waals surface area contributed by atoms with Crippen LogP contribution in [0, 0.1) is 5.82 Å². The number of fused-ring (bicyclic) bond motifs is 1. The van der Waals surface area contributed by atoms with E-state index in [1.54, 1.807) is 19.2 Å². The molecule has 1 heterocycles. The van der Waals surface area contributed by atoms with E-state index in [4.69, 9.17) is 14.2 Å². The summed E-state index contributed by atoms with van der Waals surface area (Å²) in [6.07, 6.45) is 0.866. The summed E-state index contributed by atoms with van der Waals surface area (Å²) in [5, 5.41) is 3.44. The van der Waals surface area contributed by atoms with Crippen LogP contribution in [0.25, 0.3) is 0 Å². The van der Waals surface area contributed by atoms with Crippen molar-refractivity contribution >= 4 is 0 Å². The Hall–Kier alpha value is -2.27. The summed E-state index contributed by atoms with van der Waals surface area (Å²) >= 11 is 0. The standard InChI is InChI=1S/C18H20FNO3/c1-21-16-5-3-4-13-9-14(11-23-18(13)16)20-10-12-6-7-15(19)17(8-12)22-2/h3-8,14,20H,9-11H2,1-2H3/t14-/m1/s1. The molecular weight excluding hydrogens is 297 g/mol. The second-order valence-electron chi connectivity index (χ2n) is 5.51. The van der Waals surface area contributed by atoms with Crippen molar-refractivity contribution < 1.29 is 18.6 Å². The van der Waals surface area contributed by atoms with E-state index in [1.807, 2.05) is 18.2 Å². The summed E-state index contributed by atoms with van der Waals surface area (Å²) in [6.45, 7) is 1.20. The number of hydrogen-bond acceptors (Lipinski definition) is 4. The fourth-order valence-electron chi connectivity index (χ4n) is 2.76. The zero-order valence-corrected chi connectivity index (χ0v) is 13.3. The molecule has 1 aliphatic rings. The molecular formula is C18H20FNO3. The lowest BCUT2D eigenvalue weighted by Gasteiger charge is -2.27. The van der Waals surface area contributed by atoms with Crippen LogP contribution < -0.4 is 19.5 Å². The highest BCUT2D eigenvalue weighted by Crippen LogP contribution is 2.34. The number of rotatable bonds is 5. The minimum absolute atomic E-state index is 0.200. The van der Waals surface area contributed by atoms with Crippen LogP contribution in [-0.2, 0) is 13.0 Å². The van der Waals surface area contributed by atoms with Gasteiger partial charge in [0.15, 0.2) is 23.1 Å². The first-order chi connectivity index (χ1) is 11.2. The molecule has 0 aromatic heterocycles. The summed E-state index contributed by atoms with van der Waals surface area (Å²) in [5.74, 6) is 1.51. The number of benzene rings is 2. The van der Waals surface area contributed by atoms with E-state index in [9.17, 15) is 4.39 Å². The lowest BCUT2D eigenvalue weighted by atomic mass is 10.0. The average Bonchev–Trinajstić information content (AvgIpc) is 2.60. The van der Waals surface area contributed by atoms with Gasteiger partial charge in [0.25, 0.3) is 0 Å². The van der Waals surface area contributed by atoms with Crippen LogP contribution in [0.15, 0.2) is 36.4 Å². The zero-order valence-electron chi connectivity index (χ0n) is 13.3. The molecule has 2 aromatic rings. The number of nitrogens with one attached hydrogen (secondary N) is 1. The second kappa shape index (κ2) is 6.87. The molecule has 0 unspecified atom stereocenters. The summed E-state index contributed by atoms with van der Waals surface area (Å²) in [7, 11) is 3.11. The van der Waals surface area contributed by atoms with Crippen LogP contribution >= 0.6 is 0 Å². The van der Waals surface area contributed by atoms with Crippen molar-refractivity contribution in [3.8, 4) is 17.2 Å². The van der Waals surface area contributed by atoms with Gasteiger partial charge in [0.2, 0.25) is 0 Å². The first-order valence-electron chi connectivity index (χ1n) is 7.55. The quantitative estimate of drug-likeness (QED) is 0.920. The Bertz CT molecular complexity index is 690. The zero-order chi connectivity index (χ0) is 16.2. The number of hydrogen-bond donors (Lipinski definition) is 1. The van der Waals surface area contributed by atoms with Crippen molar-refractivity contribution in [2.75, 3.05) is 20.8 Å². The van der Waals surface area contributed by atoms with Gasteiger partial charge in [0.05, 0.1) is 14.2 Å². The molecule has 122 valence electrons. The van der Waals surface area contributed by atoms with Gasteiger partial charge in [0.1, 0.15) is 6.61 Å². The summed E-state index contributed by atoms with van der Waals surface area (Å²) in [5.41, 5.74) is 2.10. The van der Waals surface area contributed by atoms with E-state index in [0.717, 1.165) is 29.0 Å². The third-order valence-corrected chi connectivity index (χ3v) is 3.99. The molecule has 0 aliphatic carbocycles. The Labute approximate surface area is 135 Å². The molecule has 23 heavy (non-hydrogen) atoms. The van der Waals surface area contributed by atoms with E-state index in [1.165, 1.54) is 13.2 Å². The SMILES string of the molecule is COc1cc(CN[C@H]2COc3c(cccc3OC)C2)ccc1F. The smallest absolute Gasteiger partial charge is 0.165 e. The fourth-order valence-corrected chi connectivity index (χ4v) is 2.76. The molecule has 3 rings (SSSR count). The van der Waals surface area contributed by atoms with E-state index < -0.39 is 0 Å². The molecule has 0 saturated carbocycles. The third-order valence-electron chi connectivity index (χ3n) is 3.99. The molecule has 0 bridgehead atoms. The average molecular weight is 317 g/mol. The summed E-state index contributed by atoms with van der Waals surface area (Å²) in [6, 6.07) is 11.0. The highest BCUT2D eigenvalue weighted by atomic mass is 19.1. The number of para-hydroxylation sites is 1. The first kappa shape index (κ1) is 15.6. The molecule has 0 fully saturated rings. The van der Waals surface area contributed by atoms with Crippen molar-refractivity contribution in [3.05, 3.63) is 53.3 Å². The van der Waals surface area contributed by atoms with Gasteiger partial charge in [0, 0.05) is 12.6 Å². The van der Waals surface area contributed by atoms with Crippen molar-refractivity contribution in [2.24, 2.45) is 0 Å². The molecule has 0 spiro atoms. The minimum atomic E-state index is -0.349. The topological polar surface area (TPSA) is 39.7 Å². The summed E-state index contributed by atoms with van der Waals surface area (Å²) in [4.78, 5) is 0. The molecule has 5 heteroatoms. The maximum absolute atomic E-state index is 13.4. The monoisotopic (exact) mass is 317 g/mol.